The van der Waals surface area contributed by atoms with Crippen LogP contribution in [0.1, 0.15) is 6.92 Å². The van der Waals surface area contributed by atoms with Crippen LogP contribution in [0.2, 0.25) is 5.02 Å². The van der Waals surface area contributed by atoms with Gasteiger partial charge in [0.1, 0.15) is 5.75 Å². The third-order valence-corrected chi connectivity index (χ3v) is 2.88. The van der Waals surface area contributed by atoms with E-state index < -0.39 is 0 Å². The summed E-state index contributed by atoms with van der Waals surface area (Å²) in [5.41, 5.74) is 2.31. The number of ether oxygens (including phenoxy) is 2. The first-order chi connectivity index (χ1) is 9.62. The Morgan fingerprint density at radius 2 is 2.05 bits per heavy atom. The van der Waals surface area contributed by atoms with Crippen molar-refractivity contribution in [2.45, 2.75) is 6.92 Å². The molecule has 0 fully saturated rings. The van der Waals surface area contributed by atoms with E-state index in [1.165, 1.54) is 0 Å². The molecule has 1 aromatic heterocycles. The zero-order chi connectivity index (χ0) is 14.5. The average Bonchev–Trinajstić information content (AvgIpc) is 2.42. The minimum absolute atomic E-state index is 0.0284. The molecule has 1 aromatic carbocycles. The summed E-state index contributed by atoms with van der Waals surface area (Å²) in [6.45, 7) is 2.22. The Morgan fingerprint density at radius 3 is 2.70 bits per heavy atom. The Balaban J connectivity index is 2.29. The van der Waals surface area contributed by atoms with Crippen molar-refractivity contribution in [3.05, 3.63) is 27.7 Å². The number of hydrogen-bond acceptors (Lipinski definition) is 7. The standard InChI is InChI=1S/C11H11BrClN5O2/c1-2-19-10-15-9(18-14)16-11(17-10)20-8-4-3-6(12)5-7(8)13/h3-5H,2,14H2,1H3,(H,15,16,17,18). The van der Waals surface area contributed by atoms with E-state index in [1.807, 2.05) is 6.92 Å². The highest BCUT2D eigenvalue weighted by Gasteiger charge is 2.11. The summed E-state index contributed by atoms with van der Waals surface area (Å²) in [5.74, 6) is 5.82. The van der Waals surface area contributed by atoms with Crippen LogP contribution >= 0.6 is 27.5 Å². The lowest BCUT2D eigenvalue weighted by Crippen LogP contribution is -2.12. The van der Waals surface area contributed by atoms with E-state index in [0.717, 1.165) is 4.47 Å². The van der Waals surface area contributed by atoms with Crippen LogP contribution in [-0.2, 0) is 0 Å². The zero-order valence-electron chi connectivity index (χ0n) is 10.4. The number of rotatable bonds is 5. The molecule has 20 heavy (non-hydrogen) atoms. The fourth-order valence-corrected chi connectivity index (χ4v) is 2.01. The predicted octanol–water partition coefficient (Wildman–Crippen LogP) is 2.76. The molecule has 2 aromatic rings. The number of aromatic nitrogens is 3. The minimum atomic E-state index is 0.0284. The maximum absolute atomic E-state index is 6.06. The zero-order valence-corrected chi connectivity index (χ0v) is 12.8. The topological polar surface area (TPSA) is 95.2 Å². The fourth-order valence-electron chi connectivity index (χ4n) is 1.30. The largest absolute Gasteiger partial charge is 0.464 e. The second kappa shape index (κ2) is 6.69. The monoisotopic (exact) mass is 359 g/mol. The van der Waals surface area contributed by atoms with Crippen LogP contribution < -0.4 is 20.7 Å². The Kier molecular flexibility index (Phi) is 4.94. The number of halogens is 2. The quantitative estimate of drug-likeness (QED) is 0.625. The van der Waals surface area contributed by atoms with Gasteiger partial charge in [0.25, 0.3) is 0 Å². The van der Waals surface area contributed by atoms with Gasteiger partial charge in [-0.15, -0.1) is 4.98 Å². The average molecular weight is 361 g/mol. The van der Waals surface area contributed by atoms with Crippen LogP contribution in [0.15, 0.2) is 22.7 Å². The fraction of sp³-hybridized carbons (Fsp3) is 0.182. The molecular formula is C11H11BrClN5O2. The van der Waals surface area contributed by atoms with Crippen molar-refractivity contribution >= 4 is 33.5 Å². The Hall–Kier alpha value is -1.64. The number of nitrogens with one attached hydrogen (secondary N) is 1. The number of hydrogen-bond donors (Lipinski definition) is 2. The number of anilines is 1. The molecule has 3 N–H and O–H groups in total. The Bertz CT molecular complexity index is 613. The smallest absolute Gasteiger partial charge is 0.330 e. The van der Waals surface area contributed by atoms with Crippen molar-refractivity contribution in [1.82, 2.24) is 15.0 Å². The molecule has 7 nitrogen and oxygen atoms in total. The molecule has 0 aliphatic heterocycles. The van der Waals surface area contributed by atoms with E-state index in [0.29, 0.717) is 17.4 Å². The van der Waals surface area contributed by atoms with Gasteiger partial charge in [0.05, 0.1) is 11.6 Å². The van der Waals surface area contributed by atoms with Gasteiger partial charge in [-0.05, 0) is 25.1 Å². The van der Waals surface area contributed by atoms with Gasteiger partial charge in [-0.3, -0.25) is 5.43 Å². The molecule has 1 heterocycles. The highest BCUT2D eigenvalue weighted by Crippen LogP contribution is 2.30. The van der Waals surface area contributed by atoms with Crippen LogP contribution in [0.5, 0.6) is 17.8 Å². The molecule has 0 aliphatic carbocycles. The van der Waals surface area contributed by atoms with E-state index in [4.69, 9.17) is 26.9 Å². The van der Waals surface area contributed by atoms with E-state index >= 15 is 0 Å². The summed E-state index contributed by atoms with van der Waals surface area (Å²) in [5, 5.41) is 0.417. The molecule has 0 saturated carbocycles. The van der Waals surface area contributed by atoms with Crippen molar-refractivity contribution in [2.24, 2.45) is 5.84 Å². The summed E-state index contributed by atoms with van der Waals surface area (Å²) in [6, 6.07) is 5.31. The van der Waals surface area contributed by atoms with Gasteiger partial charge in [-0.25, -0.2) is 5.84 Å². The van der Waals surface area contributed by atoms with Crippen molar-refractivity contribution in [3.8, 4) is 17.8 Å². The van der Waals surface area contributed by atoms with Crippen molar-refractivity contribution < 1.29 is 9.47 Å². The first-order valence-electron chi connectivity index (χ1n) is 5.60. The van der Waals surface area contributed by atoms with Crippen LogP contribution in [0.25, 0.3) is 0 Å². The molecule has 0 saturated heterocycles. The first-order valence-corrected chi connectivity index (χ1v) is 6.78. The number of nitrogens with zero attached hydrogens (tertiary/aromatic N) is 3. The lowest BCUT2D eigenvalue weighted by atomic mass is 10.3. The number of hydrazine groups is 1. The highest BCUT2D eigenvalue weighted by molar-refractivity contribution is 9.10. The Morgan fingerprint density at radius 1 is 1.30 bits per heavy atom. The van der Waals surface area contributed by atoms with E-state index in [9.17, 15) is 0 Å². The second-order valence-corrected chi connectivity index (χ2v) is 4.80. The molecule has 106 valence electrons. The molecule has 2 rings (SSSR count). The Labute approximate surface area is 128 Å². The summed E-state index contributed by atoms with van der Waals surface area (Å²) >= 11 is 9.37. The first kappa shape index (κ1) is 14.8. The summed E-state index contributed by atoms with van der Waals surface area (Å²) in [4.78, 5) is 11.9. The van der Waals surface area contributed by atoms with Gasteiger partial charge in [0, 0.05) is 4.47 Å². The molecule has 0 radical (unpaired) electrons. The molecular weight excluding hydrogens is 350 g/mol. The number of nitrogens with two attached hydrogens (primary N) is 1. The van der Waals surface area contributed by atoms with Gasteiger partial charge >= 0.3 is 12.0 Å². The molecule has 9 heteroatoms. The maximum Gasteiger partial charge on any atom is 0.330 e. The van der Waals surface area contributed by atoms with Gasteiger partial charge < -0.3 is 9.47 Å². The summed E-state index contributed by atoms with van der Waals surface area (Å²) in [7, 11) is 0. The number of benzene rings is 1. The van der Waals surface area contributed by atoms with Gasteiger partial charge in [-0.1, -0.05) is 27.5 Å². The molecule has 0 spiro atoms. The lowest BCUT2D eigenvalue weighted by Gasteiger charge is -2.08. The van der Waals surface area contributed by atoms with Gasteiger partial charge in [-0.2, -0.15) is 9.97 Å². The van der Waals surface area contributed by atoms with Crippen LogP contribution in [0.3, 0.4) is 0 Å². The number of nitrogen functional groups attached to an aromatic ring is 1. The molecule has 0 amide bonds. The van der Waals surface area contributed by atoms with Crippen LogP contribution in [-0.4, -0.2) is 21.6 Å². The molecule has 0 aliphatic rings. The van der Waals surface area contributed by atoms with E-state index in [2.05, 4.69) is 36.3 Å². The molecule has 0 atom stereocenters. The normalized spacial score (nSPS) is 10.2. The van der Waals surface area contributed by atoms with E-state index in [-0.39, 0.29) is 18.0 Å². The van der Waals surface area contributed by atoms with Gasteiger partial charge in [0.15, 0.2) is 0 Å². The van der Waals surface area contributed by atoms with Crippen LogP contribution in [0.4, 0.5) is 5.95 Å². The third-order valence-electron chi connectivity index (χ3n) is 2.09. The highest BCUT2D eigenvalue weighted by atomic mass is 79.9. The SMILES string of the molecule is CCOc1nc(NN)nc(Oc2ccc(Br)cc2Cl)n1. The van der Waals surface area contributed by atoms with Crippen molar-refractivity contribution in [2.75, 3.05) is 12.0 Å². The maximum atomic E-state index is 6.06. The van der Waals surface area contributed by atoms with Gasteiger partial charge in [0.2, 0.25) is 5.95 Å². The lowest BCUT2D eigenvalue weighted by molar-refractivity contribution is 0.304. The predicted molar refractivity (Wildman–Crippen MR) is 78.0 cm³/mol. The molecule has 0 unspecified atom stereocenters. The summed E-state index contributed by atoms with van der Waals surface area (Å²) in [6.07, 6.45) is 0. The summed E-state index contributed by atoms with van der Waals surface area (Å²) < 4.78 is 11.5. The van der Waals surface area contributed by atoms with Crippen molar-refractivity contribution in [1.29, 1.82) is 0 Å². The third kappa shape index (κ3) is 3.69. The van der Waals surface area contributed by atoms with E-state index in [1.54, 1.807) is 18.2 Å². The minimum Gasteiger partial charge on any atom is -0.464 e. The molecule has 0 bridgehead atoms. The van der Waals surface area contributed by atoms with Crippen LogP contribution in [0, 0.1) is 0 Å². The second-order valence-electron chi connectivity index (χ2n) is 3.48. The van der Waals surface area contributed by atoms with Crippen molar-refractivity contribution in [3.63, 3.8) is 0 Å².